The number of aliphatic hydroxyl groups is 1. The lowest BCUT2D eigenvalue weighted by atomic mass is 10.1. The highest BCUT2D eigenvalue weighted by molar-refractivity contribution is 5.35. The Morgan fingerprint density at radius 2 is 1.84 bits per heavy atom. The second-order valence-corrected chi connectivity index (χ2v) is 7.37. The molecule has 0 atom stereocenters. The van der Waals surface area contributed by atoms with Crippen molar-refractivity contribution in [3.63, 3.8) is 0 Å². The number of nitrogens with zero attached hydrogens (tertiary/aromatic N) is 4. The molecule has 3 aromatic rings. The molecule has 0 aliphatic rings. The number of aromatic nitrogens is 3. The number of hydrogen-bond acceptors (Lipinski definition) is 4. The molecule has 3 rings (SSSR count). The second kappa shape index (κ2) is 6.94. The van der Waals surface area contributed by atoms with Gasteiger partial charge in [-0.25, -0.2) is 9.97 Å². The normalized spacial score (nSPS) is 12.2. The van der Waals surface area contributed by atoms with E-state index in [2.05, 4.69) is 44.4 Å². The van der Waals surface area contributed by atoms with Gasteiger partial charge in [0.1, 0.15) is 0 Å². The zero-order valence-corrected chi connectivity index (χ0v) is 15.4. The maximum atomic E-state index is 10.3. The maximum Gasteiger partial charge on any atom is 0.234 e. The monoisotopic (exact) mass is 338 g/mol. The summed E-state index contributed by atoms with van der Waals surface area (Å²) in [6.07, 6.45) is 1.89. The summed E-state index contributed by atoms with van der Waals surface area (Å²) in [4.78, 5) is 11.2. The van der Waals surface area contributed by atoms with Crippen LogP contribution >= 0.6 is 0 Å². The number of benzene rings is 1. The molecule has 25 heavy (non-hydrogen) atoms. The van der Waals surface area contributed by atoms with Gasteiger partial charge in [0.2, 0.25) is 5.78 Å². The van der Waals surface area contributed by atoms with Crippen molar-refractivity contribution in [3.05, 3.63) is 65.2 Å². The molecule has 5 nitrogen and oxygen atoms in total. The first-order valence-electron chi connectivity index (χ1n) is 8.61. The van der Waals surface area contributed by atoms with Crippen molar-refractivity contribution in [2.45, 2.75) is 46.4 Å². The molecule has 0 bridgehead atoms. The van der Waals surface area contributed by atoms with E-state index >= 15 is 0 Å². The first-order valence-corrected chi connectivity index (χ1v) is 8.61. The van der Waals surface area contributed by atoms with Crippen LogP contribution in [0.4, 0.5) is 0 Å². The van der Waals surface area contributed by atoms with Crippen molar-refractivity contribution in [2.24, 2.45) is 0 Å². The second-order valence-electron chi connectivity index (χ2n) is 7.37. The molecule has 5 heteroatoms. The average molecular weight is 338 g/mol. The molecular formula is C20H26N4O. The summed E-state index contributed by atoms with van der Waals surface area (Å²) < 4.78 is 2.09. The quantitative estimate of drug-likeness (QED) is 0.750. The Kier molecular flexibility index (Phi) is 4.88. The number of imidazole rings is 1. The maximum absolute atomic E-state index is 10.3. The van der Waals surface area contributed by atoms with Crippen LogP contribution in [0.1, 0.15) is 36.5 Å². The highest BCUT2D eigenvalue weighted by Crippen LogP contribution is 2.16. The van der Waals surface area contributed by atoms with Crippen LogP contribution in [-0.4, -0.2) is 36.5 Å². The lowest BCUT2D eigenvalue weighted by Crippen LogP contribution is -2.38. The van der Waals surface area contributed by atoms with Crippen LogP contribution in [0.5, 0.6) is 0 Å². The fourth-order valence-electron chi connectivity index (χ4n) is 3.29. The van der Waals surface area contributed by atoms with Gasteiger partial charge in [-0.05, 0) is 39.3 Å². The molecule has 0 saturated carbocycles. The Morgan fingerprint density at radius 3 is 2.52 bits per heavy atom. The minimum absolute atomic E-state index is 0.577. The Hall–Kier alpha value is -2.24. The summed E-state index contributed by atoms with van der Waals surface area (Å²) >= 11 is 0. The van der Waals surface area contributed by atoms with Crippen molar-refractivity contribution >= 4 is 5.78 Å². The van der Waals surface area contributed by atoms with E-state index in [1.165, 1.54) is 5.56 Å². The standard InChI is InChI=1S/C20H26N4O/c1-15-10-16(2)24-18(11-21-19(24)22-15)13-23(14-20(3,4)25)12-17-8-6-5-7-9-17/h5-11,25H,12-14H2,1-4H3. The predicted octanol–water partition coefficient (Wildman–Crippen LogP) is 3.12. The van der Waals surface area contributed by atoms with E-state index in [-0.39, 0.29) is 0 Å². The van der Waals surface area contributed by atoms with Crippen LogP contribution < -0.4 is 0 Å². The fraction of sp³-hybridized carbons (Fsp3) is 0.400. The third-order valence-electron chi connectivity index (χ3n) is 4.11. The lowest BCUT2D eigenvalue weighted by Gasteiger charge is -2.29. The Labute approximate surface area is 149 Å². The molecule has 0 spiro atoms. The predicted molar refractivity (Wildman–Crippen MR) is 99.3 cm³/mol. The third-order valence-corrected chi connectivity index (χ3v) is 4.11. The molecule has 0 saturated heterocycles. The first kappa shape index (κ1) is 17.6. The summed E-state index contributed by atoms with van der Waals surface area (Å²) in [6, 6.07) is 12.4. The van der Waals surface area contributed by atoms with Gasteiger partial charge in [0.25, 0.3) is 0 Å². The van der Waals surface area contributed by atoms with Crippen LogP contribution in [-0.2, 0) is 13.1 Å². The number of hydrogen-bond donors (Lipinski definition) is 1. The van der Waals surface area contributed by atoms with E-state index in [1.54, 1.807) is 0 Å². The molecule has 0 aliphatic heterocycles. The number of fused-ring (bicyclic) bond motifs is 1. The van der Waals surface area contributed by atoms with Crippen molar-refractivity contribution in [1.82, 2.24) is 19.3 Å². The molecule has 0 unspecified atom stereocenters. The van der Waals surface area contributed by atoms with Crippen LogP contribution in [0.2, 0.25) is 0 Å². The van der Waals surface area contributed by atoms with E-state index in [0.29, 0.717) is 13.1 Å². The molecule has 2 aromatic heterocycles. The van der Waals surface area contributed by atoms with Gasteiger partial charge in [0.05, 0.1) is 17.5 Å². The summed E-state index contributed by atoms with van der Waals surface area (Å²) in [5.41, 5.74) is 3.64. The van der Waals surface area contributed by atoms with Gasteiger partial charge in [-0.1, -0.05) is 30.3 Å². The summed E-state index contributed by atoms with van der Waals surface area (Å²) in [5, 5.41) is 10.3. The Bertz CT molecular complexity index is 849. The van der Waals surface area contributed by atoms with Crippen molar-refractivity contribution in [1.29, 1.82) is 0 Å². The number of aryl methyl sites for hydroxylation is 2. The Morgan fingerprint density at radius 1 is 1.12 bits per heavy atom. The van der Waals surface area contributed by atoms with Gasteiger partial charge in [-0.2, -0.15) is 0 Å². The molecule has 0 aliphatic carbocycles. The van der Waals surface area contributed by atoms with Gasteiger partial charge >= 0.3 is 0 Å². The van der Waals surface area contributed by atoms with E-state index in [9.17, 15) is 5.11 Å². The van der Waals surface area contributed by atoms with Gasteiger partial charge in [-0.3, -0.25) is 9.30 Å². The minimum Gasteiger partial charge on any atom is -0.389 e. The van der Waals surface area contributed by atoms with Crippen LogP contribution in [0.25, 0.3) is 5.78 Å². The van der Waals surface area contributed by atoms with Crippen LogP contribution in [0.3, 0.4) is 0 Å². The third kappa shape index (κ3) is 4.44. The molecule has 2 heterocycles. The summed E-state index contributed by atoms with van der Waals surface area (Å²) in [6.45, 7) is 9.79. The largest absolute Gasteiger partial charge is 0.389 e. The SMILES string of the molecule is Cc1cc(C)n2c(CN(Cc3ccccc3)CC(C)(C)O)cnc2n1. The van der Waals surface area contributed by atoms with E-state index < -0.39 is 5.60 Å². The van der Waals surface area contributed by atoms with Gasteiger partial charge in [0.15, 0.2) is 0 Å². The molecule has 1 N–H and O–H groups in total. The molecule has 0 fully saturated rings. The lowest BCUT2D eigenvalue weighted by molar-refractivity contribution is 0.0302. The average Bonchev–Trinajstić information content (AvgIpc) is 2.89. The van der Waals surface area contributed by atoms with Crippen molar-refractivity contribution in [3.8, 4) is 0 Å². The molecule has 1 aromatic carbocycles. The highest BCUT2D eigenvalue weighted by Gasteiger charge is 2.20. The van der Waals surface area contributed by atoms with Gasteiger partial charge in [0, 0.05) is 31.0 Å². The topological polar surface area (TPSA) is 53.7 Å². The van der Waals surface area contributed by atoms with Crippen LogP contribution in [0.15, 0.2) is 42.6 Å². The minimum atomic E-state index is -0.765. The summed E-state index contributed by atoms with van der Waals surface area (Å²) in [5.74, 6) is 0.732. The van der Waals surface area contributed by atoms with E-state index in [4.69, 9.17) is 0 Å². The van der Waals surface area contributed by atoms with E-state index in [0.717, 1.165) is 29.4 Å². The molecule has 0 amide bonds. The molecular weight excluding hydrogens is 312 g/mol. The zero-order valence-electron chi connectivity index (χ0n) is 15.4. The van der Waals surface area contributed by atoms with Gasteiger partial charge < -0.3 is 5.11 Å². The zero-order chi connectivity index (χ0) is 18.0. The van der Waals surface area contributed by atoms with Crippen LogP contribution in [0, 0.1) is 13.8 Å². The molecule has 0 radical (unpaired) electrons. The summed E-state index contributed by atoms with van der Waals surface area (Å²) in [7, 11) is 0. The van der Waals surface area contributed by atoms with E-state index in [1.807, 2.05) is 45.2 Å². The van der Waals surface area contributed by atoms with Gasteiger partial charge in [-0.15, -0.1) is 0 Å². The van der Waals surface area contributed by atoms with Crippen molar-refractivity contribution in [2.75, 3.05) is 6.54 Å². The Balaban J connectivity index is 1.89. The smallest absolute Gasteiger partial charge is 0.234 e. The van der Waals surface area contributed by atoms with Crippen molar-refractivity contribution < 1.29 is 5.11 Å². The first-order chi connectivity index (χ1) is 11.8. The molecule has 132 valence electrons. The number of rotatable bonds is 6. The fourth-order valence-corrected chi connectivity index (χ4v) is 3.29. The highest BCUT2D eigenvalue weighted by atomic mass is 16.3.